The molecule has 6 nitrogen and oxygen atoms in total. The van der Waals surface area contributed by atoms with Crippen molar-refractivity contribution in [2.45, 2.75) is 19.3 Å². The molecule has 0 unspecified atom stereocenters. The molecule has 1 aromatic carbocycles. The van der Waals surface area contributed by atoms with Crippen LogP contribution in [0, 0.1) is 0 Å². The normalized spacial score (nSPS) is 9.53. The van der Waals surface area contributed by atoms with Gasteiger partial charge in [-0.15, -0.1) is 0 Å². The van der Waals surface area contributed by atoms with Gasteiger partial charge in [0.1, 0.15) is 0 Å². The Bertz CT molecular complexity index is 445. The Kier molecular flexibility index (Phi) is 6.08. The van der Waals surface area contributed by atoms with E-state index >= 15 is 0 Å². The Labute approximate surface area is 111 Å². The van der Waals surface area contributed by atoms with Crippen LogP contribution in [-0.2, 0) is 19.1 Å². The van der Waals surface area contributed by atoms with E-state index < -0.39 is 11.8 Å². The van der Waals surface area contributed by atoms with Gasteiger partial charge >= 0.3 is 5.97 Å². The summed E-state index contributed by atoms with van der Waals surface area (Å²) in [5.41, 5.74) is 6.01. The monoisotopic (exact) mass is 264 g/mol. The highest BCUT2D eigenvalue weighted by atomic mass is 16.5. The largest absolute Gasteiger partial charge is 0.463 e. The van der Waals surface area contributed by atoms with Crippen molar-refractivity contribution in [1.29, 1.82) is 0 Å². The summed E-state index contributed by atoms with van der Waals surface area (Å²) in [4.78, 5) is 33.4. The van der Waals surface area contributed by atoms with Crippen molar-refractivity contribution in [2.75, 3.05) is 12.5 Å². The molecule has 0 aliphatic carbocycles. The number of carbonyl (C=O) groups excluding carboxylic acids is 3. The number of anilines is 1. The molecular formula is C13H16N2O4. The smallest absolute Gasteiger partial charge is 0.374 e. The molecule has 1 amide bonds. The van der Waals surface area contributed by atoms with Crippen molar-refractivity contribution in [2.24, 2.45) is 0 Å². The van der Waals surface area contributed by atoms with Crippen molar-refractivity contribution in [1.82, 2.24) is 5.43 Å². The van der Waals surface area contributed by atoms with E-state index in [9.17, 15) is 14.4 Å². The predicted molar refractivity (Wildman–Crippen MR) is 69.1 cm³/mol. The van der Waals surface area contributed by atoms with Crippen molar-refractivity contribution < 1.29 is 19.1 Å². The number of hydrogen-bond donors (Lipinski definition) is 2. The number of Topliss-reactive ketones (excluding diaryl/α,β-unsaturated/α-hetero) is 1. The number of nitrogens with one attached hydrogen (secondary N) is 2. The average Bonchev–Trinajstić information content (AvgIpc) is 2.45. The first kappa shape index (κ1) is 14.7. The molecule has 2 N–H and O–H groups in total. The molecule has 19 heavy (non-hydrogen) atoms. The van der Waals surface area contributed by atoms with Gasteiger partial charge in [-0.1, -0.05) is 18.2 Å². The van der Waals surface area contributed by atoms with E-state index in [2.05, 4.69) is 15.6 Å². The third kappa shape index (κ3) is 5.67. The molecule has 1 aromatic rings. The Morgan fingerprint density at radius 2 is 1.79 bits per heavy atom. The lowest BCUT2D eigenvalue weighted by Gasteiger charge is -2.07. The van der Waals surface area contributed by atoms with Crippen LogP contribution in [0.25, 0.3) is 0 Å². The third-order valence-corrected chi connectivity index (χ3v) is 2.34. The van der Waals surface area contributed by atoms with E-state index in [1.807, 2.05) is 18.2 Å². The third-order valence-electron chi connectivity index (χ3n) is 2.34. The van der Waals surface area contributed by atoms with Gasteiger partial charge in [0.25, 0.3) is 0 Å². The summed E-state index contributed by atoms with van der Waals surface area (Å²) >= 11 is 0. The van der Waals surface area contributed by atoms with Gasteiger partial charge in [-0.2, -0.15) is 0 Å². The number of rotatable bonds is 7. The zero-order valence-electron chi connectivity index (χ0n) is 10.6. The second kappa shape index (κ2) is 7.86. The molecule has 0 atom stereocenters. The molecule has 0 aromatic heterocycles. The maximum Gasteiger partial charge on any atom is 0.374 e. The summed E-state index contributed by atoms with van der Waals surface area (Å²) in [7, 11) is 1.15. The van der Waals surface area contributed by atoms with Crippen molar-refractivity contribution in [3.05, 3.63) is 30.3 Å². The number of hydrazine groups is 1. The second-order valence-corrected chi connectivity index (χ2v) is 3.81. The fourth-order valence-corrected chi connectivity index (χ4v) is 1.35. The quantitative estimate of drug-likeness (QED) is 0.437. The van der Waals surface area contributed by atoms with Crippen LogP contribution >= 0.6 is 0 Å². The minimum absolute atomic E-state index is 0.00539. The molecule has 0 fully saturated rings. The first-order valence-electron chi connectivity index (χ1n) is 5.84. The molecular weight excluding hydrogens is 248 g/mol. The van der Waals surface area contributed by atoms with E-state index in [1.54, 1.807) is 12.1 Å². The van der Waals surface area contributed by atoms with Gasteiger partial charge in [-0.05, 0) is 18.6 Å². The van der Waals surface area contributed by atoms with Gasteiger partial charge in [-0.25, -0.2) is 4.79 Å². The highest BCUT2D eigenvalue weighted by molar-refractivity contribution is 6.33. The SMILES string of the molecule is COC(=O)C(=O)CCCC(=O)NNc1ccccc1. The summed E-state index contributed by atoms with van der Waals surface area (Å²) < 4.78 is 4.27. The Morgan fingerprint density at radius 1 is 1.11 bits per heavy atom. The maximum absolute atomic E-state index is 11.4. The number of benzene rings is 1. The lowest BCUT2D eigenvalue weighted by Crippen LogP contribution is -2.29. The number of ketones is 1. The van der Waals surface area contributed by atoms with Crippen LogP contribution in [0.3, 0.4) is 0 Å². The van der Waals surface area contributed by atoms with E-state index in [1.165, 1.54) is 0 Å². The maximum atomic E-state index is 11.4. The topological polar surface area (TPSA) is 84.5 Å². The Balaban J connectivity index is 2.18. The van der Waals surface area contributed by atoms with E-state index in [4.69, 9.17) is 0 Å². The van der Waals surface area contributed by atoms with Crippen LogP contribution in [-0.4, -0.2) is 24.8 Å². The van der Waals surface area contributed by atoms with Gasteiger partial charge < -0.3 is 4.74 Å². The van der Waals surface area contributed by atoms with Gasteiger partial charge in [0.15, 0.2) is 0 Å². The first-order valence-corrected chi connectivity index (χ1v) is 5.84. The summed E-state index contributed by atoms with van der Waals surface area (Å²) in [5.74, 6) is -1.74. The molecule has 6 heteroatoms. The van der Waals surface area contributed by atoms with E-state index in [0.29, 0.717) is 6.42 Å². The fraction of sp³-hybridized carbons (Fsp3) is 0.308. The number of amides is 1. The van der Waals surface area contributed by atoms with Crippen molar-refractivity contribution >= 4 is 23.3 Å². The number of esters is 1. The number of methoxy groups -OCH3 is 1. The number of carbonyl (C=O) groups is 3. The first-order chi connectivity index (χ1) is 9.13. The van der Waals surface area contributed by atoms with Gasteiger partial charge in [0.2, 0.25) is 11.7 Å². The van der Waals surface area contributed by atoms with Crippen molar-refractivity contribution in [3.63, 3.8) is 0 Å². The van der Waals surface area contributed by atoms with Crippen LogP contribution in [0.4, 0.5) is 5.69 Å². The number of ether oxygens (including phenoxy) is 1. The number of hydrogen-bond acceptors (Lipinski definition) is 5. The highest BCUT2D eigenvalue weighted by Gasteiger charge is 2.13. The molecule has 0 aliphatic rings. The summed E-state index contributed by atoms with van der Waals surface area (Å²) in [6, 6.07) is 9.15. The summed E-state index contributed by atoms with van der Waals surface area (Å²) in [6.45, 7) is 0. The van der Waals surface area contributed by atoms with Gasteiger partial charge in [-0.3, -0.25) is 20.4 Å². The predicted octanol–water partition coefficient (Wildman–Crippen LogP) is 1.04. The molecule has 0 bridgehead atoms. The molecule has 0 heterocycles. The van der Waals surface area contributed by atoms with Crippen LogP contribution in [0.1, 0.15) is 19.3 Å². The molecule has 0 spiro atoms. The Morgan fingerprint density at radius 3 is 2.42 bits per heavy atom. The minimum atomic E-state index is -0.872. The molecule has 0 saturated carbocycles. The highest BCUT2D eigenvalue weighted by Crippen LogP contribution is 2.03. The van der Waals surface area contributed by atoms with E-state index in [0.717, 1.165) is 12.8 Å². The minimum Gasteiger partial charge on any atom is -0.463 e. The Hall–Kier alpha value is -2.37. The summed E-state index contributed by atoms with van der Waals surface area (Å²) in [6.07, 6.45) is 0.463. The van der Waals surface area contributed by atoms with E-state index in [-0.39, 0.29) is 18.7 Å². The van der Waals surface area contributed by atoms with Gasteiger partial charge in [0, 0.05) is 12.8 Å². The van der Waals surface area contributed by atoms with Gasteiger partial charge in [0.05, 0.1) is 12.8 Å². The van der Waals surface area contributed by atoms with Crippen LogP contribution < -0.4 is 10.9 Å². The molecule has 0 aliphatic heterocycles. The van der Waals surface area contributed by atoms with Crippen LogP contribution in [0.2, 0.25) is 0 Å². The average molecular weight is 264 g/mol. The molecule has 0 saturated heterocycles. The fourth-order valence-electron chi connectivity index (χ4n) is 1.35. The zero-order chi connectivity index (χ0) is 14.1. The van der Waals surface area contributed by atoms with Crippen LogP contribution in [0.15, 0.2) is 30.3 Å². The zero-order valence-corrected chi connectivity index (χ0v) is 10.6. The number of para-hydroxylation sites is 1. The van der Waals surface area contributed by atoms with Crippen molar-refractivity contribution in [3.8, 4) is 0 Å². The lowest BCUT2D eigenvalue weighted by atomic mass is 10.2. The standard InChI is InChI=1S/C13H16N2O4/c1-19-13(18)11(16)8-5-9-12(17)15-14-10-6-3-2-4-7-10/h2-4,6-7,14H,5,8-9H2,1H3,(H,15,17). The second-order valence-electron chi connectivity index (χ2n) is 3.81. The summed E-state index contributed by atoms with van der Waals surface area (Å²) in [5, 5.41) is 0. The van der Waals surface area contributed by atoms with Crippen LogP contribution in [0.5, 0.6) is 0 Å². The lowest BCUT2D eigenvalue weighted by molar-refractivity contribution is -0.151. The molecule has 102 valence electrons. The molecule has 1 rings (SSSR count). The molecule has 0 radical (unpaired) electrons.